The van der Waals surface area contributed by atoms with Gasteiger partial charge in [0.1, 0.15) is 0 Å². The normalized spacial score (nSPS) is 11.3. The van der Waals surface area contributed by atoms with Crippen LogP contribution in [0.1, 0.15) is 12.0 Å². The van der Waals surface area contributed by atoms with Gasteiger partial charge in [-0.15, -0.1) is 0 Å². The van der Waals surface area contributed by atoms with E-state index in [-0.39, 0.29) is 23.8 Å². The van der Waals surface area contributed by atoms with Crippen LogP contribution < -0.4 is 10.0 Å². The maximum Gasteiger partial charge on any atom is 0.240 e. The summed E-state index contributed by atoms with van der Waals surface area (Å²) in [6, 6.07) is 17.9. The summed E-state index contributed by atoms with van der Waals surface area (Å²) >= 11 is 0. The number of aromatic nitrogens is 2. The third kappa shape index (κ3) is 5.51. The summed E-state index contributed by atoms with van der Waals surface area (Å²) in [5, 5.41) is 6.99. The summed E-state index contributed by atoms with van der Waals surface area (Å²) in [5.74, 6) is -0.191. The van der Waals surface area contributed by atoms with Gasteiger partial charge in [0, 0.05) is 31.9 Å². The van der Waals surface area contributed by atoms with E-state index in [1.54, 1.807) is 29.1 Å². The van der Waals surface area contributed by atoms with Crippen molar-refractivity contribution in [2.24, 2.45) is 0 Å². The molecule has 0 saturated carbocycles. The van der Waals surface area contributed by atoms with Gasteiger partial charge in [-0.3, -0.25) is 4.79 Å². The van der Waals surface area contributed by atoms with Crippen LogP contribution in [0.25, 0.3) is 5.69 Å². The number of carbonyl (C=O) groups is 1. The van der Waals surface area contributed by atoms with E-state index in [2.05, 4.69) is 15.1 Å². The molecule has 0 fully saturated rings. The highest BCUT2D eigenvalue weighted by Crippen LogP contribution is 2.09. The average molecular weight is 398 g/mol. The fourth-order valence-corrected chi connectivity index (χ4v) is 3.71. The van der Waals surface area contributed by atoms with Crippen molar-refractivity contribution in [3.8, 4) is 5.69 Å². The first-order valence-corrected chi connectivity index (χ1v) is 10.4. The van der Waals surface area contributed by atoms with E-state index >= 15 is 0 Å². The zero-order chi connectivity index (χ0) is 19.8. The molecule has 146 valence electrons. The lowest BCUT2D eigenvalue weighted by Crippen LogP contribution is -2.31. The van der Waals surface area contributed by atoms with E-state index in [0.717, 1.165) is 11.3 Å². The molecular weight excluding hydrogens is 376 g/mol. The van der Waals surface area contributed by atoms with Gasteiger partial charge in [-0.1, -0.05) is 30.3 Å². The number of amides is 1. The molecule has 1 heterocycles. The van der Waals surface area contributed by atoms with E-state index in [1.807, 2.05) is 36.5 Å². The third-order valence-corrected chi connectivity index (χ3v) is 5.62. The van der Waals surface area contributed by atoms with Crippen molar-refractivity contribution in [3.05, 3.63) is 78.6 Å². The molecule has 0 aliphatic carbocycles. The smallest absolute Gasteiger partial charge is 0.240 e. The summed E-state index contributed by atoms with van der Waals surface area (Å²) in [7, 11) is -3.58. The van der Waals surface area contributed by atoms with Crippen molar-refractivity contribution in [1.29, 1.82) is 0 Å². The SMILES string of the molecule is O=C(CCNS(=O)(=O)c1ccccc1)NCCc1ccc(-n2cccn2)cc1. The lowest BCUT2D eigenvalue weighted by atomic mass is 10.1. The van der Waals surface area contributed by atoms with Crippen LogP contribution in [-0.4, -0.2) is 37.2 Å². The van der Waals surface area contributed by atoms with Gasteiger partial charge in [0.2, 0.25) is 15.9 Å². The second-order valence-electron chi connectivity index (χ2n) is 6.18. The Labute approximate surface area is 164 Å². The minimum absolute atomic E-state index is 0.0572. The Balaban J connectivity index is 1.38. The number of nitrogens with zero attached hydrogens (tertiary/aromatic N) is 2. The number of hydrogen-bond donors (Lipinski definition) is 2. The first-order chi connectivity index (χ1) is 13.5. The number of carbonyl (C=O) groups excluding carboxylic acids is 1. The standard InChI is InChI=1S/C20H22N4O3S/c25-20(12-15-23-28(26,27)19-5-2-1-3-6-19)21-14-11-17-7-9-18(10-8-17)24-16-4-13-22-24/h1-10,13,16,23H,11-12,14-15H2,(H,21,25). The van der Waals surface area contributed by atoms with Crippen LogP contribution in [0.5, 0.6) is 0 Å². The van der Waals surface area contributed by atoms with Crippen LogP contribution in [0, 0.1) is 0 Å². The average Bonchev–Trinajstić information content (AvgIpc) is 3.24. The molecule has 7 nitrogen and oxygen atoms in total. The molecule has 0 radical (unpaired) electrons. The predicted octanol–water partition coefficient (Wildman–Crippen LogP) is 1.90. The number of nitrogens with one attached hydrogen (secondary N) is 2. The Morgan fingerprint density at radius 1 is 0.964 bits per heavy atom. The van der Waals surface area contributed by atoms with Crippen LogP contribution in [0.4, 0.5) is 0 Å². The monoisotopic (exact) mass is 398 g/mol. The van der Waals surface area contributed by atoms with Crippen LogP contribution in [-0.2, 0) is 21.2 Å². The molecule has 3 aromatic rings. The van der Waals surface area contributed by atoms with Gasteiger partial charge in [0.25, 0.3) is 0 Å². The van der Waals surface area contributed by atoms with Gasteiger partial charge < -0.3 is 5.32 Å². The van der Waals surface area contributed by atoms with Crippen LogP contribution in [0.3, 0.4) is 0 Å². The molecule has 2 N–H and O–H groups in total. The van der Waals surface area contributed by atoms with Crippen molar-refractivity contribution in [2.45, 2.75) is 17.7 Å². The van der Waals surface area contributed by atoms with E-state index in [4.69, 9.17) is 0 Å². The lowest BCUT2D eigenvalue weighted by Gasteiger charge is -2.08. The summed E-state index contributed by atoms with van der Waals surface area (Å²) in [5.41, 5.74) is 2.07. The van der Waals surface area contributed by atoms with Gasteiger partial charge in [-0.05, 0) is 42.3 Å². The highest BCUT2D eigenvalue weighted by Gasteiger charge is 2.13. The maximum absolute atomic E-state index is 12.1. The summed E-state index contributed by atoms with van der Waals surface area (Å²) in [6.45, 7) is 0.549. The van der Waals surface area contributed by atoms with Crippen LogP contribution in [0.2, 0.25) is 0 Å². The molecule has 0 atom stereocenters. The van der Waals surface area contributed by atoms with Crippen molar-refractivity contribution in [1.82, 2.24) is 19.8 Å². The fourth-order valence-electron chi connectivity index (χ4n) is 2.65. The molecule has 0 spiro atoms. The van der Waals surface area contributed by atoms with Gasteiger partial charge >= 0.3 is 0 Å². The van der Waals surface area contributed by atoms with Crippen LogP contribution >= 0.6 is 0 Å². The van der Waals surface area contributed by atoms with E-state index in [9.17, 15) is 13.2 Å². The maximum atomic E-state index is 12.1. The molecule has 0 aliphatic heterocycles. The van der Waals surface area contributed by atoms with Crippen molar-refractivity contribution >= 4 is 15.9 Å². The zero-order valence-corrected chi connectivity index (χ0v) is 16.1. The molecule has 2 aromatic carbocycles. The highest BCUT2D eigenvalue weighted by molar-refractivity contribution is 7.89. The minimum atomic E-state index is -3.58. The quantitative estimate of drug-likeness (QED) is 0.576. The molecule has 1 amide bonds. The molecule has 0 unspecified atom stereocenters. The molecule has 28 heavy (non-hydrogen) atoms. The van der Waals surface area contributed by atoms with Crippen LogP contribution in [0.15, 0.2) is 78.0 Å². The number of sulfonamides is 1. The fraction of sp³-hybridized carbons (Fsp3) is 0.200. The first-order valence-electron chi connectivity index (χ1n) is 8.95. The molecule has 3 rings (SSSR count). The summed E-state index contributed by atoms with van der Waals surface area (Å²) in [6.07, 6.45) is 4.38. The number of hydrogen-bond acceptors (Lipinski definition) is 4. The zero-order valence-electron chi connectivity index (χ0n) is 15.3. The second kappa shape index (κ2) is 9.29. The van der Waals surface area contributed by atoms with E-state index < -0.39 is 10.0 Å². The topological polar surface area (TPSA) is 93.1 Å². The van der Waals surface area contributed by atoms with Crippen molar-refractivity contribution < 1.29 is 13.2 Å². The molecule has 8 heteroatoms. The Morgan fingerprint density at radius 3 is 2.39 bits per heavy atom. The van der Waals surface area contributed by atoms with Gasteiger partial charge in [0.05, 0.1) is 10.6 Å². The molecule has 0 aliphatic rings. The van der Waals surface area contributed by atoms with Gasteiger partial charge in [-0.25, -0.2) is 17.8 Å². The summed E-state index contributed by atoms with van der Waals surface area (Å²) < 4.78 is 28.4. The lowest BCUT2D eigenvalue weighted by molar-refractivity contribution is -0.120. The minimum Gasteiger partial charge on any atom is -0.356 e. The first kappa shape index (κ1) is 19.8. The number of benzene rings is 2. The summed E-state index contributed by atoms with van der Waals surface area (Å²) in [4.78, 5) is 12.1. The highest BCUT2D eigenvalue weighted by atomic mass is 32.2. The van der Waals surface area contributed by atoms with Crippen molar-refractivity contribution in [2.75, 3.05) is 13.1 Å². The largest absolute Gasteiger partial charge is 0.356 e. The Kier molecular flexibility index (Phi) is 6.57. The van der Waals surface area contributed by atoms with E-state index in [0.29, 0.717) is 13.0 Å². The Morgan fingerprint density at radius 2 is 1.71 bits per heavy atom. The number of rotatable bonds is 9. The third-order valence-electron chi connectivity index (χ3n) is 4.14. The molecular formula is C20H22N4O3S. The van der Waals surface area contributed by atoms with Gasteiger partial charge in [0.15, 0.2) is 0 Å². The Bertz CT molecular complexity index is 986. The molecule has 0 saturated heterocycles. The van der Waals surface area contributed by atoms with Gasteiger partial charge in [-0.2, -0.15) is 5.10 Å². The second-order valence-corrected chi connectivity index (χ2v) is 7.94. The molecule has 0 bridgehead atoms. The predicted molar refractivity (Wildman–Crippen MR) is 107 cm³/mol. The van der Waals surface area contributed by atoms with E-state index in [1.165, 1.54) is 12.1 Å². The van der Waals surface area contributed by atoms with Crippen molar-refractivity contribution in [3.63, 3.8) is 0 Å². The Hall–Kier alpha value is -2.97. The molecule has 1 aromatic heterocycles.